The predicted octanol–water partition coefficient (Wildman–Crippen LogP) is 4.41. The molecule has 0 saturated carbocycles. The zero-order valence-corrected chi connectivity index (χ0v) is 14.8. The Morgan fingerprint density at radius 2 is 1.44 bits per heavy atom. The Labute approximate surface area is 155 Å². The van der Waals surface area contributed by atoms with Gasteiger partial charge in [0, 0.05) is 22.6 Å². The normalized spacial score (nSPS) is 10.7. The highest BCUT2D eigenvalue weighted by molar-refractivity contribution is 5.99. The number of ether oxygens (including phenoxy) is 1. The molecule has 0 amide bonds. The molecule has 0 atom stereocenters. The molecule has 2 aromatic carbocycles. The van der Waals surface area contributed by atoms with Crippen LogP contribution in [-0.2, 0) is 4.74 Å². The van der Waals surface area contributed by atoms with Crippen molar-refractivity contribution < 1.29 is 23.1 Å². The summed E-state index contributed by atoms with van der Waals surface area (Å²) in [6.45, 7) is 3.42. The fourth-order valence-corrected chi connectivity index (χ4v) is 2.79. The molecule has 0 unspecified atom stereocenters. The quantitative estimate of drug-likeness (QED) is 0.494. The topological polar surface area (TPSA) is 48.3 Å². The number of ketones is 1. The number of carbonyl (C=O) groups is 2. The molecule has 0 radical (unpaired) electrons. The van der Waals surface area contributed by atoms with Crippen molar-refractivity contribution in [3.05, 3.63) is 88.7 Å². The van der Waals surface area contributed by atoms with Gasteiger partial charge in [-0.1, -0.05) is 0 Å². The van der Waals surface area contributed by atoms with Gasteiger partial charge < -0.3 is 9.30 Å². The van der Waals surface area contributed by atoms with E-state index in [0.717, 1.165) is 35.3 Å². The molecule has 3 aromatic rings. The zero-order chi connectivity index (χ0) is 19.6. The van der Waals surface area contributed by atoms with E-state index < -0.39 is 30.0 Å². The highest BCUT2D eigenvalue weighted by Gasteiger charge is 2.14. The number of esters is 1. The Balaban J connectivity index is 1.66. The van der Waals surface area contributed by atoms with E-state index >= 15 is 0 Å². The molecule has 27 heavy (non-hydrogen) atoms. The molecule has 1 aromatic heterocycles. The van der Waals surface area contributed by atoms with E-state index in [9.17, 15) is 18.4 Å². The number of Topliss-reactive ketones (excluding diaryl/α,β-unsaturated/α-hetero) is 1. The SMILES string of the molecule is Cc1ccc(C)n1-c1ccc(C(=O)OCC(=O)c2ccc(F)c(F)c2)cc1. The third kappa shape index (κ3) is 3.95. The standard InChI is InChI=1S/C21H17F2NO3/c1-13-3-4-14(2)24(13)17-8-5-15(6-9-17)21(26)27-12-20(25)16-7-10-18(22)19(23)11-16/h3-11H,12H2,1-2H3. The molecule has 4 nitrogen and oxygen atoms in total. The highest BCUT2D eigenvalue weighted by atomic mass is 19.2. The predicted molar refractivity (Wildman–Crippen MR) is 96.2 cm³/mol. The fraction of sp³-hybridized carbons (Fsp3) is 0.143. The van der Waals surface area contributed by atoms with E-state index in [1.807, 2.05) is 30.5 Å². The fourth-order valence-electron chi connectivity index (χ4n) is 2.79. The molecule has 0 fully saturated rings. The van der Waals surface area contributed by atoms with E-state index in [1.165, 1.54) is 0 Å². The summed E-state index contributed by atoms with van der Waals surface area (Å²) in [5.74, 6) is -3.45. The summed E-state index contributed by atoms with van der Waals surface area (Å²) < 4.78 is 33.1. The maximum atomic E-state index is 13.2. The molecule has 0 N–H and O–H groups in total. The van der Waals surface area contributed by atoms with Gasteiger partial charge in [-0.15, -0.1) is 0 Å². The summed E-state index contributed by atoms with van der Waals surface area (Å²) in [5.41, 5.74) is 3.28. The first-order chi connectivity index (χ1) is 12.9. The van der Waals surface area contributed by atoms with Gasteiger partial charge in [0.1, 0.15) is 0 Å². The van der Waals surface area contributed by atoms with Crippen molar-refractivity contribution in [2.75, 3.05) is 6.61 Å². The lowest BCUT2D eigenvalue weighted by Gasteiger charge is -2.10. The molecule has 0 saturated heterocycles. The number of nitrogens with zero attached hydrogens (tertiary/aromatic N) is 1. The van der Waals surface area contributed by atoms with Gasteiger partial charge in [0.2, 0.25) is 0 Å². The number of benzene rings is 2. The molecular formula is C21H17F2NO3. The Hall–Kier alpha value is -3.28. The van der Waals surface area contributed by atoms with E-state index in [0.29, 0.717) is 5.56 Å². The molecule has 0 spiro atoms. The first-order valence-electron chi connectivity index (χ1n) is 8.27. The highest BCUT2D eigenvalue weighted by Crippen LogP contribution is 2.17. The maximum absolute atomic E-state index is 13.2. The minimum atomic E-state index is -1.13. The van der Waals surface area contributed by atoms with Crippen molar-refractivity contribution in [2.24, 2.45) is 0 Å². The van der Waals surface area contributed by atoms with E-state index in [2.05, 4.69) is 0 Å². The van der Waals surface area contributed by atoms with Gasteiger partial charge in [0.15, 0.2) is 24.0 Å². The Morgan fingerprint density at radius 3 is 2.04 bits per heavy atom. The smallest absolute Gasteiger partial charge is 0.338 e. The number of hydrogen-bond donors (Lipinski definition) is 0. The lowest BCUT2D eigenvalue weighted by atomic mass is 10.1. The van der Waals surface area contributed by atoms with Gasteiger partial charge in [0.05, 0.1) is 5.56 Å². The molecular weight excluding hydrogens is 352 g/mol. The minimum absolute atomic E-state index is 0.0596. The number of carbonyl (C=O) groups excluding carboxylic acids is 2. The van der Waals surface area contributed by atoms with Crippen molar-refractivity contribution in [1.29, 1.82) is 0 Å². The van der Waals surface area contributed by atoms with Crippen LogP contribution < -0.4 is 0 Å². The van der Waals surface area contributed by atoms with Crippen LogP contribution in [0.15, 0.2) is 54.6 Å². The second kappa shape index (κ2) is 7.53. The van der Waals surface area contributed by atoms with Crippen LogP contribution in [0.1, 0.15) is 32.1 Å². The summed E-state index contributed by atoms with van der Waals surface area (Å²) in [5, 5.41) is 0. The molecule has 0 bridgehead atoms. The largest absolute Gasteiger partial charge is 0.454 e. The summed E-state index contributed by atoms with van der Waals surface area (Å²) in [6, 6.07) is 13.6. The van der Waals surface area contributed by atoms with Crippen LogP contribution in [0.5, 0.6) is 0 Å². The van der Waals surface area contributed by atoms with Crippen LogP contribution in [-0.4, -0.2) is 22.9 Å². The monoisotopic (exact) mass is 369 g/mol. The minimum Gasteiger partial charge on any atom is -0.454 e. The zero-order valence-electron chi connectivity index (χ0n) is 14.8. The van der Waals surface area contributed by atoms with E-state index in [4.69, 9.17) is 4.74 Å². The van der Waals surface area contributed by atoms with Crippen molar-refractivity contribution in [3.63, 3.8) is 0 Å². The summed E-state index contributed by atoms with van der Waals surface area (Å²) in [7, 11) is 0. The third-order valence-electron chi connectivity index (χ3n) is 4.21. The van der Waals surface area contributed by atoms with Gasteiger partial charge >= 0.3 is 5.97 Å². The number of halogens is 2. The molecule has 3 rings (SSSR count). The van der Waals surface area contributed by atoms with Crippen molar-refractivity contribution in [3.8, 4) is 5.69 Å². The lowest BCUT2D eigenvalue weighted by molar-refractivity contribution is 0.0474. The van der Waals surface area contributed by atoms with Crippen molar-refractivity contribution >= 4 is 11.8 Å². The molecule has 0 aliphatic heterocycles. The molecule has 0 aliphatic carbocycles. The van der Waals surface area contributed by atoms with Gasteiger partial charge in [0.25, 0.3) is 0 Å². The van der Waals surface area contributed by atoms with Crippen molar-refractivity contribution in [2.45, 2.75) is 13.8 Å². The van der Waals surface area contributed by atoms with Gasteiger partial charge in [-0.05, 0) is 68.4 Å². The maximum Gasteiger partial charge on any atom is 0.338 e. The Morgan fingerprint density at radius 1 is 0.852 bits per heavy atom. The average Bonchev–Trinajstić information content (AvgIpc) is 3.00. The third-order valence-corrected chi connectivity index (χ3v) is 4.21. The van der Waals surface area contributed by atoms with Crippen molar-refractivity contribution in [1.82, 2.24) is 4.57 Å². The van der Waals surface area contributed by atoms with Gasteiger partial charge in [-0.2, -0.15) is 0 Å². The van der Waals surface area contributed by atoms with Crippen LogP contribution in [0, 0.1) is 25.5 Å². The Bertz CT molecular complexity index is 987. The molecule has 138 valence electrons. The molecule has 6 heteroatoms. The molecule has 0 aliphatic rings. The van der Waals surface area contributed by atoms with E-state index in [1.54, 1.807) is 24.3 Å². The van der Waals surface area contributed by atoms with E-state index in [-0.39, 0.29) is 5.56 Å². The van der Waals surface area contributed by atoms with Crippen LogP contribution in [0.25, 0.3) is 5.69 Å². The number of rotatable bonds is 5. The number of aryl methyl sites for hydroxylation is 2. The second-order valence-electron chi connectivity index (χ2n) is 6.13. The summed E-state index contributed by atoms with van der Waals surface area (Å²) in [4.78, 5) is 24.1. The second-order valence-corrected chi connectivity index (χ2v) is 6.13. The molecule has 1 heterocycles. The van der Waals surface area contributed by atoms with Gasteiger partial charge in [-0.3, -0.25) is 4.79 Å². The van der Waals surface area contributed by atoms with Crippen LogP contribution in [0.3, 0.4) is 0 Å². The summed E-state index contributed by atoms with van der Waals surface area (Å²) in [6.07, 6.45) is 0. The summed E-state index contributed by atoms with van der Waals surface area (Å²) >= 11 is 0. The van der Waals surface area contributed by atoms with Crippen LogP contribution in [0.4, 0.5) is 8.78 Å². The Kier molecular flexibility index (Phi) is 5.16. The average molecular weight is 369 g/mol. The number of aromatic nitrogens is 1. The van der Waals surface area contributed by atoms with Crippen LogP contribution in [0.2, 0.25) is 0 Å². The van der Waals surface area contributed by atoms with Crippen LogP contribution >= 0.6 is 0 Å². The lowest BCUT2D eigenvalue weighted by Crippen LogP contribution is -2.14. The number of hydrogen-bond acceptors (Lipinski definition) is 3. The first-order valence-corrected chi connectivity index (χ1v) is 8.27. The first kappa shape index (κ1) is 18.5. The van der Waals surface area contributed by atoms with Gasteiger partial charge in [-0.25, -0.2) is 13.6 Å².